The molecule has 1 saturated carbocycles. The molecule has 1 amide bonds. The van der Waals surface area contributed by atoms with E-state index in [1.807, 2.05) is 43.6 Å². The van der Waals surface area contributed by atoms with Gasteiger partial charge in [0, 0.05) is 12.0 Å². The number of carbonyl (C=O) groups excluding carboxylic acids is 1. The lowest BCUT2D eigenvalue weighted by atomic mass is 9.80. The maximum Gasteiger partial charge on any atom is 0.227 e. The van der Waals surface area contributed by atoms with E-state index < -0.39 is 0 Å². The molecule has 0 atom stereocenters. The van der Waals surface area contributed by atoms with Crippen LogP contribution in [0.3, 0.4) is 0 Å². The summed E-state index contributed by atoms with van der Waals surface area (Å²) in [5, 5.41) is 10.4. The van der Waals surface area contributed by atoms with Gasteiger partial charge in [-0.05, 0) is 32.0 Å². The van der Waals surface area contributed by atoms with E-state index in [0.717, 1.165) is 24.2 Å². The monoisotopic (exact) mass is 270 g/mol. The number of carbonyl (C=O) groups is 1. The van der Waals surface area contributed by atoms with Crippen LogP contribution < -0.4 is 10.6 Å². The molecular weight excluding hydrogens is 252 g/mol. The highest BCUT2D eigenvalue weighted by Gasteiger charge is 2.33. The molecule has 2 aromatic rings. The lowest BCUT2D eigenvalue weighted by Crippen LogP contribution is -2.44. The quantitative estimate of drug-likeness (QED) is 0.890. The van der Waals surface area contributed by atoms with Gasteiger partial charge in [-0.2, -0.15) is 5.10 Å². The summed E-state index contributed by atoms with van der Waals surface area (Å²) in [6.07, 6.45) is 5.34. The van der Waals surface area contributed by atoms with Crippen molar-refractivity contribution in [2.45, 2.75) is 18.9 Å². The van der Waals surface area contributed by atoms with Gasteiger partial charge in [-0.3, -0.25) is 4.79 Å². The molecule has 0 unspecified atom stereocenters. The predicted molar refractivity (Wildman–Crippen MR) is 77.8 cm³/mol. The number of aromatic nitrogens is 2. The number of anilines is 1. The van der Waals surface area contributed by atoms with Gasteiger partial charge in [0.15, 0.2) is 0 Å². The minimum Gasteiger partial charge on any atom is -0.323 e. The zero-order chi connectivity index (χ0) is 13.9. The third-order valence-corrected chi connectivity index (χ3v) is 3.79. The Kier molecular flexibility index (Phi) is 3.52. The molecule has 3 rings (SSSR count). The van der Waals surface area contributed by atoms with Crippen LogP contribution in [0.2, 0.25) is 0 Å². The van der Waals surface area contributed by atoms with Crippen molar-refractivity contribution < 1.29 is 4.79 Å². The Balaban J connectivity index is 1.62. The smallest absolute Gasteiger partial charge is 0.227 e. The van der Waals surface area contributed by atoms with Crippen molar-refractivity contribution in [1.82, 2.24) is 15.1 Å². The van der Waals surface area contributed by atoms with Crippen molar-refractivity contribution in [1.29, 1.82) is 0 Å². The summed E-state index contributed by atoms with van der Waals surface area (Å²) in [5.74, 6) is 0.205. The minimum atomic E-state index is 0.0871. The number of amides is 1. The van der Waals surface area contributed by atoms with Crippen LogP contribution >= 0.6 is 0 Å². The van der Waals surface area contributed by atoms with Gasteiger partial charge in [-0.25, -0.2) is 4.68 Å². The van der Waals surface area contributed by atoms with Crippen molar-refractivity contribution in [2.24, 2.45) is 5.92 Å². The number of hydrogen-bond donors (Lipinski definition) is 2. The summed E-state index contributed by atoms with van der Waals surface area (Å²) in [4.78, 5) is 12.0. The van der Waals surface area contributed by atoms with Crippen LogP contribution in [0.25, 0.3) is 5.69 Å². The van der Waals surface area contributed by atoms with E-state index >= 15 is 0 Å². The van der Waals surface area contributed by atoms with Gasteiger partial charge in [-0.1, -0.05) is 18.2 Å². The van der Waals surface area contributed by atoms with E-state index in [9.17, 15) is 4.79 Å². The second-order valence-corrected chi connectivity index (χ2v) is 5.15. The van der Waals surface area contributed by atoms with E-state index in [4.69, 9.17) is 0 Å². The summed E-state index contributed by atoms with van der Waals surface area (Å²) in [6.45, 7) is 0. The summed E-state index contributed by atoms with van der Waals surface area (Å²) in [7, 11) is 1.93. The fourth-order valence-electron chi connectivity index (χ4n) is 2.42. The van der Waals surface area contributed by atoms with Gasteiger partial charge in [0.2, 0.25) is 5.91 Å². The van der Waals surface area contributed by atoms with E-state index in [1.165, 1.54) is 0 Å². The predicted octanol–water partition coefficient (Wildman–Crippen LogP) is 1.81. The lowest BCUT2D eigenvalue weighted by Gasteiger charge is -2.33. The van der Waals surface area contributed by atoms with Crippen LogP contribution in [0.4, 0.5) is 5.69 Å². The maximum atomic E-state index is 12.0. The van der Waals surface area contributed by atoms with E-state index in [0.29, 0.717) is 6.04 Å². The third-order valence-electron chi connectivity index (χ3n) is 3.79. The van der Waals surface area contributed by atoms with Crippen LogP contribution in [0, 0.1) is 5.92 Å². The largest absolute Gasteiger partial charge is 0.323 e. The first-order valence-corrected chi connectivity index (χ1v) is 6.84. The molecule has 1 aliphatic rings. The van der Waals surface area contributed by atoms with Crippen molar-refractivity contribution in [3.8, 4) is 5.69 Å². The highest BCUT2D eigenvalue weighted by atomic mass is 16.1. The second-order valence-electron chi connectivity index (χ2n) is 5.15. The fraction of sp³-hybridized carbons (Fsp3) is 0.333. The average Bonchev–Trinajstić information content (AvgIpc) is 2.87. The SMILES string of the molecule is CN[C@H]1C[C@H](C(=O)Nc2cnn(-c3ccccc3)c2)C1. The second kappa shape index (κ2) is 5.46. The molecule has 0 radical (unpaired) electrons. The topological polar surface area (TPSA) is 59.0 Å². The number of para-hydroxylation sites is 1. The molecule has 0 bridgehead atoms. The Morgan fingerprint density at radius 1 is 1.30 bits per heavy atom. The molecule has 5 heteroatoms. The van der Waals surface area contributed by atoms with Gasteiger partial charge in [0.25, 0.3) is 0 Å². The number of rotatable bonds is 4. The molecule has 5 nitrogen and oxygen atoms in total. The van der Waals surface area contributed by atoms with E-state index in [-0.39, 0.29) is 11.8 Å². The molecule has 1 heterocycles. The zero-order valence-corrected chi connectivity index (χ0v) is 11.4. The Morgan fingerprint density at radius 2 is 2.05 bits per heavy atom. The van der Waals surface area contributed by atoms with Crippen molar-refractivity contribution in [2.75, 3.05) is 12.4 Å². The van der Waals surface area contributed by atoms with E-state index in [1.54, 1.807) is 10.9 Å². The lowest BCUT2D eigenvalue weighted by molar-refractivity contribution is -0.122. The Morgan fingerprint density at radius 3 is 2.75 bits per heavy atom. The van der Waals surface area contributed by atoms with Crippen molar-refractivity contribution in [3.63, 3.8) is 0 Å². The highest BCUT2D eigenvalue weighted by Crippen LogP contribution is 2.28. The highest BCUT2D eigenvalue weighted by molar-refractivity contribution is 5.93. The molecule has 0 spiro atoms. The first-order valence-electron chi connectivity index (χ1n) is 6.84. The molecule has 1 fully saturated rings. The van der Waals surface area contributed by atoms with Crippen molar-refractivity contribution in [3.05, 3.63) is 42.7 Å². The number of nitrogens with zero attached hydrogens (tertiary/aromatic N) is 2. The van der Waals surface area contributed by atoms with Crippen LogP contribution in [0.15, 0.2) is 42.7 Å². The van der Waals surface area contributed by atoms with Gasteiger partial charge in [0.05, 0.1) is 23.8 Å². The first kappa shape index (κ1) is 12.9. The molecule has 104 valence electrons. The summed E-state index contributed by atoms with van der Waals surface area (Å²) >= 11 is 0. The molecule has 20 heavy (non-hydrogen) atoms. The maximum absolute atomic E-state index is 12.0. The van der Waals surface area contributed by atoms with Crippen LogP contribution in [-0.4, -0.2) is 28.8 Å². The molecule has 1 aromatic heterocycles. The standard InChI is InChI=1S/C15H18N4O/c1-16-12-7-11(8-12)15(20)18-13-9-17-19(10-13)14-5-3-2-4-6-14/h2-6,9-12,16H,7-8H2,1H3,(H,18,20)/t11-,12-. The molecule has 2 N–H and O–H groups in total. The van der Waals surface area contributed by atoms with Gasteiger partial charge in [0.1, 0.15) is 0 Å². The molecule has 0 aliphatic heterocycles. The van der Waals surface area contributed by atoms with Crippen LogP contribution in [-0.2, 0) is 4.79 Å². The Labute approximate surface area is 118 Å². The Bertz CT molecular complexity index is 587. The van der Waals surface area contributed by atoms with Gasteiger partial charge >= 0.3 is 0 Å². The van der Waals surface area contributed by atoms with E-state index in [2.05, 4.69) is 15.7 Å². The molecule has 1 aromatic carbocycles. The molecule has 1 aliphatic carbocycles. The average molecular weight is 270 g/mol. The summed E-state index contributed by atoms with van der Waals surface area (Å²) in [6, 6.07) is 10.3. The summed E-state index contributed by atoms with van der Waals surface area (Å²) in [5.41, 5.74) is 1.72. The zero-order valence-electron chi connectivity index (χ0n) is 11.4. The van der Waals surface area contributed by atoms with Crippen molar-refractivity contribution >= 4 is 11.6 Å². The van der Waals surface area contributed by atoms with Gasteiger partial charge in [-0.15, -0.1) is 0 Å². The number of benzene rings is 1. The minimum absolute atomic E-state index is 0.0871. The van der Waals surface area contributed by atoms with Crippen LogP contribution in [0.5, 0.6) is 0 Å². The van der Waals surface area contributed by atoms with Gasteiger partial charge < -0.3 is 10.6 Å². The summed E-state index contributed by atoms with van der Waals surface area (Å²) < 4.78 is 1.76. The molecule has 0 saturated heterocycles. The molecular formula is C15H18N4O. The number of nitrogens with one attached hydrogen (secondary N) is 2. The normalized spacial score (nSPS) is 21.2. The fourth-order valence-corrected chi connectivity index (χ4v) is 2.42. The third kappa shape index (κ3) is 2.58. The first-order chi connectivity index (χ1) is 9.76. The number of hydrogen-bond acceptors (Lipinski definition) is 3. The Hall–Kier alpha value is -2.14. The van der Waals surface area contributed by atoms with Crippen LogP contribution in [0.1, 0.15) is 12.8 Å².